The second kappa shape index (κ2) is 6.15. The highest BCUT2D eigenvalue weighted by Gasteiger charge is 2.41. The minimum atomic E-state index is -1.14. The van der Waals surface area contributed by atoms with Gasteiger partial charge in [-0.25, -0.2) is 4.79 Å². The van der Waals surface area contributed by atoms with Gasteiger partial charge in [0.05, 0.1) is 14.2 Å². The van der Waals surface area contributed by atoms with E-state index in [-0.39, 0.29) is 0 Å². The van der Waals surface area contributed by atoms with Crippen molar-refractivity contribution in [1.29, 1.82) is 0 Å². The summed E-state index contributed by atoms with van der Waals surface area (Å²) < 4.78 is 3.92. The van der Waals surface area contributed by atoms with Crippen LogP contribution in [0.2, 0.25) is 0 Å². The second-order valence-corrected chi connectivity index (χ2v) is 5.86. The van der Waals surface area contributed by atoms with Gasteiger partial charge in [-0.15, -0.1) is 3.89 Å². The molecule has 1 aromatic rings. The number of nitrogens with zero attached hydrogens (tertiary/aromatic N) is 2. The SMILES string of the molecule is COC(=O)S[N+](C)(C(=O)O)c1ccc(N(C)C)c(C)c1. The Morgan fingerprint density at radius 2 is 1.95 bits per heavy atom. The maximum absolute atomic E-state index is 11.5. The van der Waals surface area contributed by atoms with Gasteiger partial charge in [-0.2, -0.15) is 4.79 Å². The molecule has 1 N–H and O–H groups in total. The number of aryl methyl sites for hydroxylation is 1. The molecule has 0 fully saturated rings. The van der Waals surface area contributed by atoms with E-state index in [0.29, 0.717) is 17.6 Å². The maximum Gasteiger partial charge on any atom is 0.531 e. The summed E-state index contributed by atoms with van der Waals surface area (Å²) in [6.07, 6.45) is -1.14. The first-order chi connectivity index (χ1) is 9.22. The normalized spacial score (nSPS) is 13.4. The van der Waals surface area contributed by atoms with Crippen LogP contribution in [0, 0.1) is 6.92 Å². The van der Waals surface area contributed by atoms with Crippen LogP contribution >= 0.6 is 11.9 Å². The quantitative estimate of drug-likeness (QED) is 0.514. The van der Waals surface area contributed by atoms with E-state index in [0.717, 1.165) is 11.3 Å². The fourth-order valence-corrected chi connectivity index (χ4v) is 2.47. The van der Waals surface area contributed by atoms with Gasteiger partial charge in [0.15, 0.2) is 5.69 Å². The molecule has 110 valence electrons. The van der Waals surface area contributed by atoms with E-state index in [1.807, 2.05) is 32.0 Å². The van der Waals surface area contributed by atoms with Crippen molar-refractivity contribution >= 4 is 34.7 Å². The highest BCUT2D eigenvalue weighted by atomic mass is 32.2. The van der Waals surface area contributed by atoms with Crippen LogP contribution in [0.3, 0.4) is 0 Å². The van der Waals surface area contributed by atoms with Crippen molar-refractivity contribution in [2.45, 2.75) is 6.92 Å². The van der Waals surface area contributed by atoms with Gasteiger partial charge < -0.3 is 14.7 Å². The Morgan fingerprint density at radius 3 is 2.35 bits per heavy atom. The fraction of sp³-hybridized carbons (Fsp3) is 0.385. The van der Waals surface area contributed by atoms with Crippen LogP contribution in [0.15, 0.2) is 18.2 Å². The molecule has 20 heavy (non-hydrogen) atoms. The van der Waals surface area contributed by atoms with Gasteiger partial charge in [-0.05, 0) is 18.6 Å². The van der Waals surface area contributed by atoms with E-state index in [1.165, 1.54) is 14.2 Å². The number of carbonyl (C=O) groups is 2. The average Bonchev–Trinajstić information content (AvgIpc) is 2.37. The van der Waals surface area contributed by atoms with Crippen molar-refractivity contribution in [3.8, 4) is 0 Å². The number of anilines is 1. The van der Waals surface area contributed by atoms with E-state index in [2.05, 4.69) is 4.74 Å². The van der Waals surface area contributed by atoms with Crippen molar-refractivity contribution in [1.82, 2.24) is 3.89 Å². The van der Waals surface area contributed by atoms with Gasteiger partial charge in [0.25, 0.3) is 0 Å². The molecule has 1 aromatic carbocycles. The number of rotatable bonds is 2. The van der Waals surface area contributed by atoms with Gasteiger partial charge in [0.2, 0.25) is 11.9 Å². The molecule has 0 spiro atoms. The van der Waals surface area contributed by atoms with E-state index < -0.39 is 15.3 Å². The topological polar surface area (TPSA) is 66.8 Å². The van der Waals surface area contributed by atoms with Crippen molar-refractivity contribution in [2.24, 2.45) is 0 Å². The first-order valence-corrected chi connectivity index (χ1v) is 6.65. The summed E-state index contributed by atoms with van der Waals surface area (Å²) in [5, 5.41) is 8.78. The van der Waals surface area contributed by atoms with Crippen LogP contribution in [0.4, 0.5) is 21.0 Å². The van der Waals surface area contributed by atoms with E-state index in [4.69, 9.17) is 0 Å². The van der Waals surface area contributed by atoms with Crippen molar-refractivity contribution < 1.29 is 19.4 Å². The Balaban J connectivity index is 3.26. The third-order valence-corrected chi connectivity index (χ3v) is 3.99. The molecule has 7 heteroatoms. The minimum absolute atomic E-state index is 0.496. The van der Waals surface area contributed by atoms with Crippen molar-refractivity contribution in [2.75, 3.05) is 33.2 Å². The largest absolute Gasteiger partial charge is 0.531 e. The standard InChI is InChI=1S/C13H18N2O4S/c1-9-8-10(6-7-11(9)14(2)3)15(4,12(16)17)20-13(18)19-5/h6-8H,1-5H3/p+1. The number of hydrogen-bond donors (Lipinski definition) is 1. The van der Waals surface area contributed by atoms with Crippen LogP contribution in [-0.2, 0) is 4.74 Å². The molecule has 0 saturated carbocycles. The number of carbonyl (C=O) groups excluding carboxylic acids is 1. The number of carboxylic acid groups (broad SMARTS) is 1. The molecule has 1 atom stereocenters. The zero-order chi connectivity index (χ0) is 15.5. The summed E-state index contributed by atoms with van der Waals surface area (Å²) >= 11 is 0.594. The van der Waals surface area contributed by atoms with Crippen molar-refractivity contribution in [3.05, 3.63) is 23.8 Å². The Morgan fingerprint density at radius 1 is 1.35 bits per heavy atom. The van der Waals surface area contributed by atoms with Crippen molar-refractivity contribution in [3.63, 3.8) is 0 Å². The summed E-state index contributed by atoms with van der Waals surface area (Å²) in [7, 11) is 6.49. The molecule has 1 rings (SSSR count). The summed E-state index contributed by atoms with van der Waals surface area (Å²) in [6, 6.07) is 5.30. The van der Waals surface area contributed by atoms with Gasteiger partial charge in [-0.1, -0.05) is 0 Å². The molecule has 0 aliphatic heterocycles. The number of methoxy groups -OCH3 is 1. The van der Waals surface area contributed by atoms with Gasteiger partial charge >= 0.3 is 11.4 Å². The first kappa shape index (κ1) is 16.3. The van der Waals surface area contributed by atoms with Crippen LogP contribution in [-0.4, -0.2) is 44.8 Å². The Bertz CT molecular complexity index is 533. The summed E-state index contributed by atoms with van der Waals surface area (Å²) in [4.78, 5) is 24.9. The lowest BCUT2D eigenvalue weighted by molar-refractivity contribution is 0.178. The van der Waals surface area contributed by atoms with E-state index in [1.54, 1.807) is 12.1 Å². The predicted molar refractivity (Wildman–Crippen MR) is 81.2 cm³/mol. The smallest absolute Gasteiger partial charge is 0.457 e. The lowest BCUT2D eigenvalue weighted by atomic mass is 10.1. The van der Waals surface area contributed by atoms with Crippen LogP contribution in [0.25, 0.3) is 0 Å². The highest BCUT2D eigenvalue weighted by Crippen LogP contribution is 2.34. The summed E-state index contributed by atoms with van der Waals surface area (Å²) in [6.45, 7) is 1.90. The molecule has 1 unspecified atom stereocenters. The Hall–Kier alpha value is -1.73. The fourth-order valence-electron chi connectivity index (χ4n) is 1.80. The van der Waals surface area contributed by atoms with Crippen LogP contribution < -0.4 is 8.79 Å². The third kappa shape index (κ3) is 3.23. The number of hydrogen-bond acceptors (Lipinski definition) is 5. The molecule has 0 bridgehead atoms. The molecule has 0 aromatic heterocycles. The monoisotopic (exact) mass is 299 g/mol. The summed E-state index contributed by atoms with van der Waals surface area (Å²) in [5.41, 5.74) is 2.42. The first-order valence-electron chi connectivity index (χ1n) is 5.88. The third-order valence-electron chi connectivity index (χ3n) is 2.94. The minimum Gasteiger partial charge on any atom is -0.457 e. The predicted octanol–water partition coefficient (Wildman–Crippen LogP) is 3.09. The number of quaternary nitrogens is 1. The number of ether oxygens (including phenoxy) is 1. The molecule has 1 amide bonds. The zero-order valence-corrected chi connectivity index (χ0v) is 13.0. The highest BCUT2D eigenvalue weighted by molar-refractivity contribution is 8.13. The van der Waals surface area contributed by atoms with Gasteiger partial charge in [0.1, 0.15) is 0 Å². The Labute approximate surface area is 122 Å². The molecule has 0 heterocycles. The zero-order valence-electron chi connectivity index (χ0n) is 12.2. The van der Waals surface area contributed by atoms with Gasteiger partial charge in [0, 0.05) is 31.9 Å². The van der Waals surface area contributed by atoms with E-state index >= 15 is 0 Å². The molecule has 0 aliphatic rings. The molecular weight excluding hydrogens is 280 g/mol. The average molecular weight is 299 g/mol. The second-order valence-electron chi connectivity index (χ2n) is 4.62. The molecule has 0 radical (unpaired) electrons. The van der Waals surface area contributed by atoms with E-state index in [9.17, 15) is 14.7 Å². The van der Waals surface area contributed by atoms with Crippen LogP contribution in [0.5, 0.6) is 0 Å². The van der Waals surface area contributed by atoms with Crippen LogP contribution in [0.1, 0.15) is 5.56 Å². The summed E-state index contributed by atoms with van der Waals surface area (Å²) in [5.74, 6) is 0. The number of benzene rings is 1. The molecule has 6 nitrogen and oxygen atoms in total. The maximum atomic E-state index is 11.5. The van der Waals surface area contributed by atoms with Gasteiger partial charge in [-0.3, -0.25) is 0 Å². The number of amides is 1. The Kier molecular flexibility index (Phi) is 5.02. The molecule has 0 aliphatic carbocycles. The molecular formula is C13H19N2O4S+. The lowest BCUT2D eigenvalue weighted by Crippen LogP contribution is -2.44. The molecule has 0 saturated heterocycles. The lowest BCUT2D eigenvalue weighted by Gasteiger charge is -2.24.